The van der Waals surface area contributed by atoms with Crippen molar-refractivity contribution in [3.05, 3.63) is 156 Å². The van der Waals surface area contributed by atoms with E-state index in [1.165, 1.54) is 32.6 Å². The summed E-state index contributed by atoms with van der Waals surface area (Å²) < 4.78 is 0. The van der Waals surface area contributed by atoms with Gasteiger partial charge in [0.25, 0.3) is 0 Å². The summed E-state index contributed by atoms with van der Waals surface area (Å²) in [5.74, 6) is 0. The zero-order valence-electron chi connectivity index (χ0n) is 21.6. The highest BCUT2D eigenvalue weighted by Crippen LogP contribution is 2.58. The maximum absolute atomic E-state index is 6.96. The van der Waals surface area contributed by atoms with Crippen molar-refractivity contribution in [2.45, 2.75) is 13.1 Å². The van der Waals surface area contributed by atoms with Gasteiger partial charge in [-0.1, -0.05) is 96.5 Å². The number of aromatic nitrogens is 1. The minimum absolute atomic E-state index is 0. The predicted octanol–water partition coefficient (Wildman–Crippen LogP) is 5.36. The van der Waals surface area contributed by atoms with Gasteiger partial charge in [-0.3, -0.25) is 0 Å². The summed E-state index contributed by atoms with van der Waals surface area (Å²) >= 11 is 6.96. The SMILES string of the molecule is Cc1ccccc1-c1ccc2nc(Cl)c(C[P+](c3ccccc3)(c3ccccc3)c3ccccc3)cc2c1.[Cl-]. The molecule has 0 bridgehead atoms. The normalized spacial score (nSPS) is 11.2. The van der Waals surface area contributed by atoms with E-state index < -0.39 is 7.26 Å². The number of benzene rings is 5. The van der Waals surface area contributed by atoms with Crippen LogP contribution < -0.4 is 28.3 Å². The number of pyridine rings is 1. The second-order valence-electron chi connectivity index (χ2n) is 9.64. The lowest BCUT2D eigenvalue weighted by molar-refractivity contribution is -0.00000732. The number of nitrogens with zero attached hydrogens (tertiary/aromatic N) is 1. The highest BCUT2D eigenvalue weighted by atomic mass is 35.5. The summed E-state index contributed by atoms with van der Waals surface area (Å²) in [5.41, 5.74) is 5.69. The molecule has 0 aliphatic rings. The van der Waals surface area contributed by atoms with Crippen LogP contribution in [0.4, 0.5) is 0 Å². The zero-order valence-corrected chi connectivity index (χ0v) is 24.0. The Bertz CT molecular complexity index is 1610. The molecule has 6 rings (SSSR count). The van der Waals surface area contributed by atoms with Crippen LogP contribution in [0, 0.1) is 6.92 Å². The fourth-order valence-electron chi connectivity index (χ4n) is 5.40. The molecule has 0 N–H and O–H groups in total. The van der Waals surface area contributed by atoms with E-state index in [-0.39, 0.29) is 12.4 Å². The van der Waals surface area contributed by atoms with Crippen LogP contribution in [-0.4, -0.2) is 4.98 Å². The fourth-order valence-corrected chi connectivity index (χ4v) is 9.94. The molecule has 39 heavy (non-hydrogen) atoms. The lowest BCUT2D eigenvalue weighted by Gasteiger charge is -2.28. The van der Waals surface area contributed by atoms with Gasteiger partial charge in [0.05, 0.1) is 5.52 Å². The molecule has 1 aromatic heterocycles. The highest BCUT2D eigenvalue weighted by Gasteiger charge is 2.46. The molecule has 1 heterocycles. The number of aryl methyl sites for hydroxylation is 1. The minimum Gasteiger partial charge on any atom is -1.00 e. The van der Waals surface area contributed by atoms with Gasteiger partial charge in [0.2, 0.25) is 0 Å². The molecule has 0 aliphatic heterocycles. The van der Waals surface area contributed by atoms with Crippen molar-refractivity contribution in [3.63, 3.8) is 0 Å². The van der Waals surface area contributed by atoms with Crippen molar-refractivity contribution in [2.24, 2.45) is 0 Å². The summed E-state index contributed by atoms with van der Waals surface area (Å²) in [6.07, 6.45) is 0.793. The largest absolute Gasteiger partial charge is 1.00 e. The third-order valence-corrected chi connectivity index (χ3v) is 12.0. The van der Waals surface area contributed by atoms with Crippen molar-refractivity contribution in [1.82, 2.24) is 4.98 Å². The number of hydrogen-bond donors (Lipinski definition) is 0. The molecule has 0 amide bonds. The van der Waals surface area contributed by atoms with Crippen LogP contribution in [0.2, 0.25) is 5.15 Å². The summed E-state index contributed by atoms with van der Waals surface area (Å²) in [7, 11) is -2.08. The monoisotopic (exact) mass is 563 g/mol. The molecular weight excluding hydrogens is 536 g/mol. The standard InChI is InChI=1S/C35H28ClNP.ClH/c1-26-13-11-12-20-33(26)27-21-22-34-28(23-27)24-29(35(36)37-34)25-38(30-14-5-2-6-15-30,31-16-7-3-8-17-31)32-18-9-4-10-19-32;/h2-24H,25H2,1H3;1H/q+1;/p-1. The maximum Gasteiger partial charge on any atom is 0.136 e. The first-order valence-corrected chi connectivity index (χ1v) is 15.2. The van der Waals surface area contributed by atoms with E-state index >= 15 is 0 Å². The molecule has 0 radical (unpaired) electrons. The molecule has 5 aromatic carbocycles. The first-order valence-electron chi connectivity index (χ1n) is 12.9. The number of halogens is 2. The predicted molar refractivity (Wildman–Crippen MR) is 166 cm³/mol. The van der Waals surface area contributed by atoms with E-state index in [0.717, 1.165) is 22.6 Å². The van der Waals surface area contributed by atoms with Gasteiger partial charge in [0, 0.05) is 10.9 Å². The topological polar surface area (TPSA) is 12.9 Å². The molecule has 0 fully saturated rings. The molecule has 0 saturated heterocycles. The summed E-state index contributed by atoms with van der Waals surface area (Å²) in [6.45, 7) is 2.16. The highest BCUT2D eigenvalue weighted by molar-refractivity contribution is 7.95. The van der Waals surface area contributed by atoms with Gasteiger partial charge in [-0.05, 0) is 78.2 Å². The van der Waals surface area contributed by atoms with Gasteiger partial charge >= 0.3 is 0 Å². The van der Waals surface area contributed by atoms with E-state index in [0.29, 0.717) is 5.15 Å². The van der Waals surface area contributed by atoms with Crippen molar-refractivity contribution < 1.29 is 12.4 Å². The zero-order chi connectivity index (χ0) is 26.0. The lowest BCUT2D eigenvalue weighted by atomic mass is 9.99. The molecule has 4 heteroatoms. The van der Waals surface area contributed by atoms with E-state index in [2.05, 4.69) is 146 Å². The van der Waals surface area contributed by atoms with Gasteiger partial charge in [-0.2, -0.15) is 0 Å². The van der Waals surface area contributed by atoms with E-state index in [1.54, 1.807) is 0 Å². The molecule has 0 saturated carbocycles. The van der Waals surface area contributed by atoms with Crippen LogP contribution in [0.15, 0.2) is 140 Å². The van der Waals surface area contributed by atoms with Gasteiger partial charge < -0.3 is 12.4 Å². The second-order valence-corrected chi connectivity index (χ2v) is 13.5. The first-order chi connectivity index (χ1) is 18.6. The van der Waals surface area contributed by atoms with Crippen molar-refractivity contribution in [2.75, 3.05) is 0 Å². The van der Waals surface area contributed by atoms with Crippen LogP contribution in [0.5, 0.6) is 0 Å². The Morgan fingerprint density at radius 3 is 1.67 bits per heavy atom. The van der Waals surface area contributed by atoms with E-state index in [4.69, 9.17) is 16.6 Å². The molecule has 0 spiro atoms. The average Bonchev–Trinajstić information content (AvgIpc) is 2.97. The van der Waals surface area contributed by atoms with Gasteiger partial charge in [-0.25, -0.2) is 4.98 Å². The molecule has 192 valence electrons. The quantitative estimate of drug-likeness (QED) is 0.196. The smallest absolute Gasteiger partial charge is 0.136 e. The van der Waals surface area contributed by atoms with Crippen molar-refractivity contribution >= 4 is 45.7 Å². The third-order valence-electron chi connectivity index (χ3n) is 7.30. The average molecular weight is 564 g/mol. The summed E-state index contributed by atoms with van der Waals surface area (Å²) in [5, 5.41) is 5.69. The number of hydrogen-bond acceptors (Lipinski definition) is 1. The lowest BCUT2D eigenvalue weighted by Crippen LogP contribution is -3.00. The van der Waals surface area contributed by atoms with Crippen LogP contribution in [0.25, 0.3) is 22.0 Å². The van der Waals surface area contributed by atoms with E-state index in [9.17, 15) is 0 Å². The van der Waals surface area contributed by atoms with Crippen LogP contribution >= 0.6 is 18.9 Å². The van der Waals surface area contributed by atoms with Gasteiger partial charge in [-0.15, -0.1) is 0 Å². The molecule has 6 aromatic rings. The Kier molecular flexibility index (Phi) is 8.15. The number of rotatable bonds is 6. The minimum atomic E-state index is -2.08. The molecule has 0 unspecified atom stereocenters. The van der Waals surface area contributed by atoms with Crippen molar-refractivity contribution in [1.29, 1.82) is 0 Å². The fraction of sp³-hybridized carbons (Fsp3) is 0.0571. The second kappa shape index (κ2) is 11.7. The van der Waals surface area contributed by atoms with Crippen LogP contribution in [-0.2, 0) is 6.16 Å². The van der Waals surface area contributed by atoms with Crippen LogP contribution in [0.3, 0.4) is 0 Å². The molecular formula is C35H28Cl2NP. The Morgan fingerprint density at radius 2 is 1.13 bits per heavy atom. The Balaban J connectivity index is 0.00000308. The van der Waals surface area contributed by atoms with Gasteiger partial charge in [0.15, 0.2) is 0 Å². The Hall–Kier alpha value is -3.48. The third kappa shape index (κ3) is 5.23. The first kappa shape index (κ1) is 27.1. The molecule has 0 aliphatic carbocycles. The van der Waals surface area contributed by atoms with Crippen molar-refractivity contribution in [3.8, 4) is 11.1 Å². The maximum atomic E-state index is 6.96. The molecule has 1 nitrogen and oxygen atoms in total. The molecule has 0 atom stereocenters. The Morgan fingerprint density at radius 1 is 0.615 bits per heavy atom. The Labute approximate surface area is 242 Å². The van der Waals surface area contributed by atoms with E-state index in [1.807, 2.05) is 0 Å². The van der Waals surface area contributed by atoms with Gasteiger partial charge in [0.1, 0.15) is 34.5 Å². The summed E-state index contributed by atoms with van der Waals surface area (Å²) in [4.78, 5) is 4.88. The number of fused-ring (bicyclic) bond motifs is 1. The summed E-state index contributed by atoms with van der Waals surface area (Å²) in [6, 6.07) is 50.0. The van der Waals surface area contributed by atoms with Crippen LogP contribution in [0.1, 0.15) is 11.1 Å².